The minimum absolute atomic E-state index is 0.0417. The fourth-order valence-electron chi connectivity index (χ4n) is 8.67. The number of alkyl halides is 3. The van der Waals surface area contributed by atoms with E-state index in [0.29, 0.717) is 68.6 Å². The Morgan fingerprint density at radius 1 is 1.10 bits per heavy atom. The first-order chi connectivity index (χ1) is 27.7. The Bertz CT molecular complexity index is 2180. The molecule has 1 saturated heterocycles. The zero-order valence-corrected chi connectivity index (χ0v) is 34.7. The molecular weight excluding hydrogens is 796 g/mol. The lowest BCUT2D eigenvalue weighted by atomic mass is 9.87. The molecule has 322 valence electrons. The number of fused-ring (bicyclic) bond motifs is 5. The Balaban J connectivity index is 1.23. The molecule has 1 aromatic heterocycles. The molecule has 3 N–H and O–H groups in total. The number of carbonyl (C=O) groups excluding carboxylic acids is 4. The molecule has 0 bridgehead atoms. The number of methoxy groups -OCH3 is 1. The van der Waals surface area contributed by atoms with Crippen molar-refractivity contribution in [3.05, 3.63) is 41.6 Å². The first-order valence-corrected chi connectivity index (χ1v) is 21.8. The number of allylic oxidation sites excluding steroid dienone is 1. The van der Waals surface area contributed by atoms with Crippen LogP contribution >= 0.6 is 0 Å². The van der Waals surface area contributed by atoms with Gasteiger partial charge in [0.1, 0.15) is 34.7 Å². The summed E-state index contributed by atoms with van der Waals surface area (Å²) < 4.78 is 86.2. The van der Waals surface area contributed by atoms with Gasteiger partial charge in [0.15, 0.2) is 0 Å². The fourth-order valence-corrected chi connectivity index (χ4v) is 9.98. The van der Waals surface area contributed by atoms with E-state index >= 15 is 0 Å². The molecule has 5 aliphatic rings. The Kier molecular flexibility index (Phi) is 11.1. The lowest BCUT2D eigenvalue weighted by molar-refractivity contribution is -0.215. The monoisotopic (exact) mass is 847 g/mol. The second kappa shape index (κ2) is 15.4. The number of hydrogen-bond donors (Lipinski definition) is 3. The number of sulfonamides is 1. The van der Waals surface area contributed by atoms with E-state index in [9.17, 15) is 40.8 Å². The molecule has 3 aliphatic heterocycles. The average molecular weight is 848 g/mol. The number of aromatic nitrogens is 1. The number of benzene rings is 1. The van der Waals surface area contributed by atoms with Gasteiger partial charge in [-0.25, -0.2) is 18.2 Å². The third kappa shape index (κ3) is 8.29. The third-order valence-corrected chi connectivity index (χ3v) is 14.8. The maximum atomic E-state index is 14.8. The SMILES string of the molecule is COc1ccc2nc(C)c3c(c2c1)CCC1(CC2C(=O)NC4(C(=O)NS(=O)(=O)C5(C)CC5)CC4C=CCCCCCC(NC(=O)OC(C(C)C)C(F)(F)F)C(=O)N2C1)O3. The number of nitrogens with zero attached hydrogens (tertiary/aromatic N) is 2. The summed E-state index contributed by atoms with van der Waals surface area (Å²) in [7, 11) is -2.51. The first-order valence-electron chi connectivity index (χ1n) is 20.3. The van der Waals surface area contributed by atoms with E-state index in [1.165, 1.54) is 18.7 Å². The maximum absolute atomic E-state index is 14.8. The Hall–Kier alpha value is -4.61. The number of carbonyl (C=O) groups is 4. The van der Waals surface area contributed by atoms with Crippen molar-refractivity contribution >= 4 is 44.7 Å². The van der Waals surface area contributed by atoms with Crippen LogP contribution in [0, 0.1) is 18.8 Å². The number of amides is 4. The van der Waals surface area contributed by atoms with Crippen molar-refractivity contribution in [3.8, 4) is 11.5 Å². The third-order valence-electron chi connectivity index (χ3n) is 12.6. The molecule has 14 nitrogen and oxygen atoms in total. The highest BCUT2D eigenvalue weighted by atomic mass is 32.2. The van der Waals surface area contributed by atoms with Gasteiger partial charge in [0, 0.05) is 23.3 Å². The number of alkyl carbamates (subject to hydrolysis) is 1. The summed E-state index contributed by atoms with van der Waals surface area (Å²) >= 11 is 0. The van der Waals surface area contributed by atoms with Crippen LogP contribution in [0.15, 0.2) is 30.4 Å². The van der Waals surface area contributed by atoms with Crippen LogP contribution in [0.2, 0.25) is 0 Å². The Labute approximate surface area is 341 Å². The van der Waals surface area contributed by atoms with Crippen LogP contribution in [0.25, 0.3) is 10.9 Å². The number of aryl methyl sites for hydroxylation is 2. The molecule has 6 atom stereocenters. The van der Waals surface area contributed by atoms with E-state index in [-0.39, 0.29) is 25.8 Å². The molecule has 1 aromatic carbocycles. The van der Waals surface area contributed by atoms with Crippen molar-refractivity contribution < 1.29 is 55.0 Å². The average Bonchev–Trinajstić information content (AvgIpc) is 4.06. The van der Waals surface area contributed by atoms with E-state index in [1.807, 2.05) is 18.2 Å². The second-order valence-corrected chi connectivity index (χ2v) is 19.6. The van der Waals surface area contributed by atoms with Crippen LogP contribution < -0.4 is 24.8 Å². The number of pyridine rings is 1. The highest BCUT2D eigenvalue weighted by Crippen LogP contribution is 2.49. The molecular formula is C41H52F3N5O9S. The topological polar surface area (TPSA) is 182 Å². The molecule has 3 fully saturated rings. The summed E-state index contributed by atoms with van der Waals surface area (Å²) in [5, 5.41) is 6.05. The fraction of sp³-hybridized carbons (Fsp3) is 0.634. The molecule has 4 heterocycles. The zero-order chi connectivity index (χ0) is 42.7. The smallest absolute Gasteiger partial charge is 0.425 e. The predicted molar refractivity (Wildman–Crippen MR) is 209 cm³/mol. The van der Waals surface area contributed by atoms with Gasteiger partial charge in [-0.2, -0.15) is 13.2 Å². The maximum Gasteiger partial charge on any atom is 0.425 e. The molecule has 1 spiro atoms. The van der Waals surface area contributed by atoms with E-state index in [0.717, 1.165) is 16.5 Å². The predicted octanol–water partition coefficient (Wildman–Crippen LogP) is 5.29. The molecule has 0 radical (unpaired) electrons. The van der Waals surface area contributed by atoms with Gasteiger partial charge in [0.05, 0.1) is 29.6 Å². The summed E-state index contributed by atoms with van der Waals surface area (Å²) in [6, 6.07) is 2.86. The van der Waals surface area contributed by atoms with Gasteiger partial charge < -0.3 is 29.7 Å². The summed E-state index contributed by atoms with van der Waals surface area (Å²) in [6.07, 6.45) is -1.13. The normalized spacial score (nSPS) is 28.6. The van der Waals surface area contributed by atoms with Gasteiger partial charge >= 0.3 is 12.3 Å². The molecule has 2 aliphatic carbocycles. The zero-order valence-electron chi connectivity index (χ0n) is 33.9. The number of hydrogen-bond acceptors (Lipinski definition) is 10. The van der Waals surface area contributed by atoms with Gasteiger partial charge in [-0.15, -0.1) is 0 Å². The summed E-state index contributed by atoms with van der Waals surface area (Å²) in [6.45, 7) is 5.73. The molecule has 7 rings (SSSR count). The van der Waals surface area contributed by atoms with Crippen LogP contribution in [0.3, 0.4) is 0 Å². The largest absolute Gasteiger partial charge is 0.497 e. The first kappa shape index (κ1) is 42.5. The number of nitrogens with one attached hydrogen (secondary N) is 3. The lowest BCUT2D eigenvalue weighted by Gasteiger charge is -2.36. The van der Waals surface area contributed by atoms with Crippen LogP contribution in [0.1, 0.15) is 96.2 Å². The van der Waals surface area contributed by atoms with Gasteiger partial charge in [-0.05, 0) is 89.3 Å². The Morgan fingerprint density at radius 3 is 2.53 bits per heavy atom. The summed E-state index contributed by atoms with van der Waals surface area (Å²) in [5.74, 6) is -2.87. The van der Waals surface area contributed by atoms with Gasteiger partial charge in [-0.3, -0.25) is 19.1 Å². The van der Waals surface area contributed by atoms with E-state index in [4.69, 9.17) is 19.2 Å². The highest BCUT2D eigenvalue weighted by Gasteiger charge is 2.64. The molecule has 18 heteroatoms. The minimum atomic E-state index is -4.86. The number of rotatable bonds is 7. The van der Waals surface area contributed by atoms with E-state index < -0.39 is 85.9 Å². The van der Waals surface area contributed by atoms with Crippen molar-refractivity contribution in [1.82, 2.24) is 25.2 Å². The molecule has 6 unspecified atom stereocenters. The van der Waals surface area contributed by atoms with Gasteiger partial charge in [-0.1, -0.05) is 38.8 Å². The quantitative estimate of drug-likeness (QED) is 0.310. The second-order valence-electron chi connectivity index (χ2n) is 17.4. The standard InChI is InChI=1S/C41H52F3N5O9S/c1-23(2)33(41(42,43)44)57-37(53)46-30-12-10-8-6-7-9-11-25-20-40(25,36(52)48-59(54,55)38(4)17-18-38)47-34(50)31-21-39(22-49(31)35(30)51)16-15-27-28-19-26(56-5)13-14-29(28)45-24(3)32(27)58-39/h9,11,13-14,19,23,25,30-31,33H,6-8,10,12,15-18,20-22H2,1-5H3,(H,46,53)(H,47,50)(H,48,52). The van der Waals surface area contributed by atoms with Gasteiger partial charge in [0.25, 0.3) is 5.91 Å². The lowest BCUT2D eigenvalue weighted by Crippen LogP contribution is -2.58. The number of ether oxygens (including phenoxy) is 3. The van der Waals surface area contributed by atoms with Crippen molar-refractivity contribution in [3.63, 3.8) is 0 Å². The van der Waals surface area contributed by atoms with Crippen molar-refractivity contribution in [2.45, 2.75) is 139 Å². The van der Waals surface area contributed by atoms with Crippen LogP contribution in [-0.4, -0.2) is 96.0 Å². The van der Waals surface area contributed by atoms with E-state index in [1.54, 1.807) is 33.1 Å². The van der Waals surface area contributed by atoms with Gasteiger partial charge in [0.2, 0.25) is 27.9 Å². The highest BCUT2D eigenvalue weighted by molar-refractivity contribution is 7.91. The molecule has 2 saturated carbocycles. The number of halogens is 3. The summed E-state index contributed by atoms with van der Waals surface area (Å²) in [4.78, 5) is 62.5. The van der Waals surface area contributed by atoms with Crippen LogP contribution in [-0.2, 0) is 35.6 Å². The molecule has 4 amide bonds. The van der Waals surface area contributed by atoms with Crippen molar-refractivity contribution in [2.75, 3.05) is 13.7 Å². The van der Waals surface area contributed by atoms with Crippen LogP contribution in [0.5, 0.6) is 11.5 Å². The van der Waals surface area contributed by atoms with Crippen molar-refractivity contribution in [2.24, 2.45) is 11.8 Å². The Morgan fingerprint density at radius 2 is 1.85 bits per heavy atom. The van der Waals surface area contributed by atoms with Crippen LogP contribution in [0.4, 0.5) is 18.0 Å². The summed E-state index contributed by atoms with van der Waals surface area (Å²) in [5.41, 5.74) is -0.591. The minimum Gasteiger partial charge on any atom is -0.497 e. The molecule has 2 aromatic rings. The van der Waals surface area contributed by atoms with E-state index in [2.05, 4.69) is 15.4 Å². The van der Waals surface area contributed by atoms with Crippen molar-refractivity contribution in [1.29, 1.82) is 0 Å². The molecule has 59 heavy (non-hydrogen) atoms.